The Bertz CT molecular complexity index is 2170. The van der Waals surface area contributed by atoms with Gasteiger partial charge in [0.05, 0.1) is 54.0 Å². The van der Waals surface area contributed by atoms with Crippen LogP contribution >= 0.6 is 0 Å². The number of rotatable bonds is 15. The Morgan fingerprint density at radius 1 is 0.941 bits per heavy atom. The van der Waals surface area contributed by atoms with E-state index in [1.807, 2.05) is 44.2 Å². The monoisotopic (exact) mass is 702 g/mol. The number of nitrogens with zero attached hydrogens (tertiary/aromatic N) is 1. The van der Waals surface area contributed by atoms with Crippen molar-refractivity contribution in [2.75, 3.05) is 13.2 Å². The van der Waals surface area contributed by atoms with Gasteiger partial charge in [-0.3, -0.25) is 4.79 Å². The highest BCUT2D eigenvalue weighted by atomic mass is 19.3. The van der Waals surface area contributed by atoms with Crippen molar-refractivity contribution in [1.82, 2.24) is 4.57 Å². The summed E-state index contributed by atoms with van der Waals surface area (Å²) >= 11 is 0. The molecule has 2 aliphatic rings. The molecule has 1 aliphatic heterocycles. The van der Waals surface area contributed by atoms with Crippen molar-refractivity contribution in [2.45, 2.75) is 76.1 Å². The third kappa shape index (κ3) is 7.54. The summed E-state index contributed by atoms with van der Waals surface area (Å²) in [5.74, 6) is -1.30. The molecule has 2 heterocycles. The van der Waals surface area contributed by atoms with Crippen LogP contribution in [0.15, 0.2) is 97.1 Å². The number of aromatic nitrogens is 1. The molecule has 266 valence electrons. The molecule has 0 radical (unpaired) electrons. The van der Waals surface area contributed by atoms with E-state index in [4.69, 9.17) is 13.6 Å². The van der Waals surface area contributed by atoms with Gasteiger partial charge in [0.25, 0.3) is 0 Å². The van der Waals surface area contributed by atoms with Crippen molar-refractivity contribution in [3.63, 3.8) is 0 Å². The molecule has 1 saturated carbocycles. The fraction of sp³-hybridized carbons (Fsp3) is 0.341. The number of carbonyl (C=O) groups excluding carboxylic acids is 1. The molecule has 1 aliphatic carbocycles. The molecule has 0 spiro atoms. The first kappa shape index (κ1) is 31.1. The Balaban J connectivity index is 1.19. The lowest BCUT2D eigenvalue weighted by atomic mass is 9.87. The summed E-state index contributed by atoms with van der Waals surface area (Å²) in [6.45, 7) is 0.620. The van der Waals surface area contributed by atoms with Gasteiger partial charge in [0.2, 0.25) is 0 Å². The van der Waals surface area contributed by atoms with Gasteiger partial charge in [0.15, 0.2) is 11.5 Å². The molecule has 5 aromatic rings. The average molecular weight is 703 g/mol. The summed E-state index contributed by atoms with van der Waals surface area (Å²) in [6.07, 6.45) is -6.00. The fourth-order valence-electron chi connectivity index (χ4n) is 6.67. The Kier molecular flexibility index (Phi) is 8.44. The molecule has 1 unspecified atom stereocenters. The van der Waals surface area contributed by atoms with E-state index in [0.29, 0.717) is 41.7 Å². The molecule has 10 heteroatoms. The molecular weight excluding hydrogens is 659 g/mol. The van der Waals surface area contributed by atoms with Crippen LogP contribution in [0.3, 0.4) is 0 Å². The summed E-state index contributed by atoms with van der Waals surface area (Å²) in [5, 5.41) is 11.9. The third-order valence-corrected chi connectivity index (χ3v) is 9.51. The molecule has 1 atom stereocenters. The second kappa shape index (κ2) is 13.8. The Morgan fingerprint density at radius 2 is 1.59 bits per heavy atom. The van der Waals surface area contributed by atoms with Crippen LogP contribution in [-0.4, -0.2) is 41.0 Å². The zero-order valence-corrected chi connectivity index (χ0v) is 28.3. The average Bonchev–Trinajstić information content (AvgIpc) is 3.78. The van der Waals surface area contributed by atoms with E-state index in [-0.39, 0.29) is 48.0 Å². The summed E-state index contributed by atoms with van der Waals surface area (Å²) < 4.78 is 91.6. The van der Waals surface area contributed by atoms with Crippen LogP contribution in [0.2, 0.25) is 0 Å². The number of Topliss-reactive ketones (excluding diaryl/α,β-unsaturated/α-hetero) is 1. The lowest BCUT2D eigenvalue weighted by Gasteiger charge is -2.28. The molecule has 0 bridgehead atoms. The Morgan fingerprint density at radius 3 is 2.25 bits per heavy atom. The minimum Gasteiger partial charge on any atom is -0.395 e. The van der Waals surface area contributed by atoms with Crippen molar-refractivity contribution in [2.24, 2.45) is 0 Å². The molecule has 7 nitrogen and oxygen atoms in total. The number of hydrogen-bond donors (Lipinski definition) is 1. The molecule has 1 aromatic heterocycles. The van der Waals surface area contributed by atoms with Crippen molar-refractivity contribution < 1.29 is 46.1 Å². The van der Waals surface area contributed by atoms with E-state index >= 15 is 4.39 Å². The maximum atomic E-state index is 16.1. The quantitative estimate of drug-likeness (QED) is 0.119. The van der Waals surface area contributed by atoms with Crippen LogP contribution in [0.25, 0.3) is 10.9 Å². The Hall–Kier alpha value is -4.64. The van der Waals surface area contributed by atoms with Crippen LogP contribution in [0.4, 0.5) is 13.2 Å². The van der Waals surface area contributed by atoms with Gasteiger partial charge in [0.1, 0.15) is 11.6 Å². The summed E-state index contributed by atoms with van der Waals surface area (Å²) in [4.78, 5) is 13.8. The van der Waals surface area contributed by atoms with Gasteiger partial charge in [0, 0.05) is 22.9 Å². The molecular formula is C41H40F3NO6. The number of alkyl halides is 2. The van der Waals surface area contributed by atoms with Gasteiger partial charge in [-0.2, -0.15) is 0 Å². The SMILES string of the molecule is [2H]C(O)(Cn1c(C(C)(C)COCc2ccccc2)cc2cc(CC(=O)C3(c4ccc5c(c4)OC(F)(F)O5)CC3)c(F)cc21)C([2H])([2H])OCc1ccccc1. The highest BCUT2D eigenvalue weighted by Gasteiger charge is 2.52. The van der Waals surface area contributed by atoms with Crippen molar-refractivity contribution in [3.05, 3.63) is 131 Å². The molecule has 4 aromatic carbocycles. The number of aliphatic hydroxyl groups is 1. The van der Waals surface area contributed by atoms with E-state index in [1.54, 1.807) is 48.5 Å². The highest BCUT2D eigenvalue weighted by molar-refractivity contribution is 5.95. The van der Waals surface area contributed by atoms with Crippen LogP contribution in [0.5, 0.6) is 11.5 Å². The predicted molar refractivity (Wildman–Crippen MR) is 185 cm³/mol. The van der Waals surface area contributed by atoms with Gasteiger partial charge in [-0.1, -0.05) is 80.6 Å². The van der Waals surface area contributed by atoms with Gasteiger partial charge < -0.3 is 28.6 Å². The molecule has 0 saturated heterocycles. The number of halogens is 3. The van der Waals surface area contributed by atoms with Crippen LogP contribution in [0.1, 0.15) is 58.7 Å². The van der Waals surface area contributed by atoms with E-state index < -0.39 is 42.1 Å². The smallest absolute Gasteiger partial charge is 0.395 e. The second-order valence-electron chi connectivity index (χ2n) is 13.8. The number of benzene rings is 4. The van der Waals surface area contributed by atoms with Crippen LogP contribution in [0, 0.1) is 5.82 Å². The summed E-state index contributed by atoms with van der Waals surface area (Å²) in [7, 11) is 0. The zero-order valence-electron chi connectivity index (χ0n) is 31.3. The van der Waals surface area contributed by atoms with E-state index in [2.05, 4.69) is 9.47 Å². The van der Waals surface area contributed by atoms with Crippen molar-refractivity contribution in [1.29, 1.82) is 0 Å². The topological polar surface area (TPSA) is 79.2 Å². The number of ketones is 1. The molecule has 1 N–H and O–H groups in total. The first-order chi connectivity index (χ1) is 25.5. The van der Waals surface area contributed by atoms with E-state index in [9.17, 15) is 18.7 Å². The van der Waals surface area contributed by atoms with Gasteiger partial charge in [-0.15, -0.1) is 8.78 Å². The number of fused-ring (bicyclic) bond motifs is 2. The third-order valence-electron chi connectivity index (χ3n) is 9.51. The fourth-order valence-corrected chi connectivity index (χ4v) is 6.67. The number of hydrogen-bond acceptors (Lipinski definition) is 6. The first-order valence-electron chi connectivity index (χ1n) is 18.3. The van der Waals surface area contributed by atoms with Crippen molar-refractivity contribution in [3.8, 4) is 11.5 Å². The zero-order chi connectivity index (χ0) is 38.5. The lowest BCUT2D eigenvalue weighted by molar-refractivity contribution is -0.286. The van der Waals surface area contributed by atoms with Crippen LogP contribution < -0.4 is 9.47 Å². The molecule has 1 fully saturated rings. The van der Waals surface area contributed by atoms with E-state index in [0.717, 1.165) is 5.56 Å². The predicted octanol–water partition coefficient (Wildman–Crippen LogP) is 8.02. The molecule has 0 amide bonds. The molecule has 51 heavy (non-hydrogen) atoms. The maximum absolute atomic E-state index is 16.1. The van der Waals surface area contributed by atoms with Gasteiger partial charge in [-0.05, 0) is 65.4 Å². The van der Waals surface area contributed by atoms with Crippen molar-refractivity contribution >= 4 is 16.7 Å². The highest BCUT2D eigenvalue weighted by Crippen LogP contribution is 2.53. The van der Waals surface area contributed by atoms with Gasteiger partial charge in [-0.25, -0.2) is 4.39 Å². The lowest BCUT2D eigenvalue weighted by Crippen LogP contribution is -2.30. The van der Waals surface area contributed by atoms with Crippen LogP contribution in [-0.2, 0) is 51.3 Å². The minimum absolute atomic E-state index is 0.107. The second-order valence-corrected chi connectivity index (χ2v) is 13.8. The standard InChI is InChI=1S/C41H40F3NO6/c1-39(2,26-49-24-28-11-7-4-8-12-28)37-18-30-17-29(19-38(47)40(15-16-40)31-13-14-35-36(20-31)51-41(43,44)50-35)33(42)21-34(30)45(37)22-32(46)25-48-23-27-9-5-3-6-10-27/h3-14,17-18,20-21,32,46H,15-16,19,22-26H2,1-2H3/i25D2,32D. The largest absolute Gasteiger partial charge is 0.586 e. The minimum atomic E-state index is -3.80. The van der Waals surface area contributed by atoms with Gasteiger partial charge >= 0.3 is 6.29 Å². The number of ether oxygens (including phenoxy) is 4. The molecule has 7 rings (SSSR count). The Labute approximate surface area is 298 Å². The maximum Gasteiger partial charge on any atom is 0.586 e. The summed E-state index contributed by atoms with van der Waals surface area (Å²) in [6, 6.07) is 27.2. The van der Waals surface area contributed by atoms with E-state index in [1.165, 1.54) is 22.8 Å². The first-order valence-corrected chi connectivity index (χ1v) is 16.8. The summed E-state index contributed by atoms with van der Waals surface area (Å²) in [5.41, 5.74) is 1.24. The normalized spacial score (nSPS) is 18.1. The number of carbonyl (C=O) groups is 1.